The fourth-order valence-electron chi connectivity index (χ4n) is 3.54. The Labute approximate surface area is 123 Å². The lowest BCUT2D eigenvalue weighted by Crippen LogP contribution is -2.35. The average Bonchev–Trinajstić information content (AvgIpc) is 2.84. The molecule has 2 N–H and O–H groups in total. The molecule has 1 aliphatic carbocycles. The molecule has 112 valence electrons. The van der Waals surface area contributed by atoms with Gasteiger partial charge in [-0.15, -0.1) is 0 Å². The van der Waals surface area contributed by atoms with Crippen LogP contribution in [0.4, 0.5) is 0 Å². The molecule has 1 aromatic carbocycles. The normalized spacial score (nSPS) is 18.0. The van der Waals surface area contributed by atoms with Gasteiger partial charge in [-0.3, -0.25) is 0 Å². The van der Waals surface area contributed by atoms with Gasteiger partial charge < -0.3 is 10.5 Å². The molecule has 1 aliphatic rings. The van der Waals surface area contributed by atoms with Crippen molar-refractivity contribution in [2.45, 2.75) is 70.8 Å². The summed E-state index contributed by atoms with van der Waals surface area (Å²) in [6.45, 7) is 8.92. The van der Waals surface area contributed by atoms with E-state index in [1.54, 1.807) is 7.11 Å². The van der Waals surface area contributed by atoms with Crippen LogP contribution in [0.3, 0.4) is 0 Å². The van der Waals surface area contributed by atoms with Gasteiger partial charge in [0.05, 0.1) is 7.11 Å². The monoisotopic (exact) mass is 275 g/mol. The van der Waals surface area contributed by atoms with Gasteiger partial charge in [-0.05, 0) is 35.8 Å². The third-order valence-corrected chi connectivity index (χ3v) is 4.66. The molecule has 0 aliphatic heterocycles. The largest absolute Gasteiger partial charge is 0.496 e. The molecule has 0 aromatic heterocycles. The second-order valence-corrected chi connectivity index (χ2v) is 6.82. The van der Waals surface area contributed by atoms with E-state index < -0.39 is 0 Å². The Hall–Kier alpha value is -1.02. The lowest BCUT2D eigenvalue weighted by atomic mass is 9.79. The van der Waals surface area contributed by atoms with E-state index in [1.165, 1.54) is 29.5 Å². The molecule has 1 saturated carbocycles. The molecule has 0 radical (unpaired) electrons. The first-order valence-corrected chi connectivity index (χ1v) is 7.91. The van der Waals surface area contributed by atoms with Gasteiger partial charge in [-0.2, -0.15) is 0 Å². The van der Waals surface area contributed by atoms with Gasteiger partial charge in [-0.25, -0.2) is 0 Å². The number of hydrogen-bond acceptors (Lipinski definition) is 2. The Morgan fingerprint density at radius 3 is 1.95 bits per heavy atom. The Bertz CT molecular complexity index is 471. The van der Waals surface area contributed by atoms with Crippen LogP contribution in [-0.4, -0.2) is 7.11 Å². The molecule has 20 heavy (non-hydrogen) atoms. The van der Waals surface area contributed by atoms with Crippen LogP contribution in [0.25, 0.3) is 0 Å². The van der Waals surface area contributed by atoms with Crippen molar-refractivity contribution in [3.05, 3.63) is 28.8 Å². The summed E-state index contributed by atoms with van der Waals surface area (Å²) in [5.41, 5.74) is 10.5. The summed E-state index contributed by atoms with van der Waals surface area (Å²) in [5, 5.41) is 0. The third kappa shape index (κ3) is 2.58. The second-order valence-electron chi connectivity index (χ2n) is 6.82. The molecule has 0 spiro atoms. The molecule has 0 heterocycles. The molecular weight excluding hydrogens is 246 g/mol. The standard InChI is InChI=1S/C18H29NO/c1-12(2)14-8-9-15(13(3)4)17(20-5)16(14)18(19)10-6-7-11-18/h8-9,12-13H,6-7,10-11,19H2,1-5H3. The minimum Gasteiger partial charge on any atom is -0.496 e. The maximum absolute atomic E-state index is 6.78. The van der Waals surface area contributed by atoms with E-state index in [-0.39, 0.29) is 5.54 Å². The van der Waals surface area contributed by atoms with Gasteiger partial charge in [0.1, 0.15) is 5.75 Å². The van der Waals surface area contributed by atoms with E-state index in [9.17, 15) is 0 Å². The molecule has 2 heteroatoms. The predicted octanol–water partition coefficient (Wildman–Crippen LogP) is 4.67. The third-order valence-electron chi connectivity index (χ3n) is 4.66. The van der Waals surface area contributed by atoms with Crippen LogP contribution < -0.4 is 10.5 Å². The summed E-state index contributed by atoms with van der Waals surface area (Å²) in [7, 11) is 1.78. The molecule has 1 fully saturated rings. The first-order chi connectivity index (χ1) is 9.40. The van der Waals surface area contributed by atoms with Crippen LogP contribution in [0, 0.1) is 0 Å². The van der Waals surface area contributed by atoms with E-state index >= 15 is 0 Å². The van der Waals surface area contributed by atoms with Crippen molar-refractivity contribution in [3.8, 4) is 5.75 Å². The van der Waals surface area contributed by atoms with Gasteiger partial charge in [-0.1, -0.05) is 52.7 Å². The minimum absolute atomic E-state index is 0.199. The number of nitrogens with two attached hydrogens (primary N) is 1. The zero-order valence-electron chi connectivity index (χ0n) is 13.6. The van der Waals surface area contributed by atoms with Crippen molar-refractivity contribution in [2.24, 2.45) is 5.73 Å². The maximum Gasteiger partial charge on any atom is 0.127 e. The summed E-state index contributed by atoms with van der Waals surface area (Å²) >= 11 is 0. The van der Waals surface area contributed by atoms with E-state index in [1.807, 2.05) is 0 Å². The Balaban J connectivity index is 2.68. The van der Waals surface area contributed by atoms with Crippen molar-refractivity contribution >= 4 is 0 Å². The first-order valence-electron chi connectivity index (χ1n) is 7.91. The van der Waals surface area contributed by atoms with Gasteiger partial charge in [0.15, 0.2) is 0 Å². The summed E-state index contributed by atoms with van der Waals surface area (Å²) in [6.07, 6.45) is 4.60. The lowest BCUT2D eigenvalue weighted by Gasteiger charge is -2.32. The highest BCUT2D eigenvalue weighted by atomic mass is 16.5. The van der Waals surface area contributed by atoms with E-state index in [2.05, 4.69) is 39.8 Å². The quantitative estimate of drug-likeness (QED) is 0.866. The zero-order chi connectivity index (χ0) is 14.9. The number of rotatable bonds is 4. The molecule has 0 bridgehead atoms. The highest BCUT2D eigenvalue weighted by Crippen LogP contribution is 2.46. The number of hydrogen-bond donors (Lipinski definition) is 1. The molecule has 0 saturated heterocycles. The summed E-state index contributed by atoms with van der Waals surface area (Å²) in [6, 6.07) is 4.49. The van der Waals surface area contributed by atoms with E-state index in [0.717, 1.165) is 18.6 Å². The highest BCUT2D eigenvalue weighted by Gasteiger charge is 2.37. The topological polar surface area (TPSA) is 35.2 Å². The molecular formula is C18H29NO. The van der Waals surface area contributed by atoms with Crippen molar-refractivity contribution in [1.82, 2.24) is 0 Å². The number of ether oxygens (including phenoxy) is 1. The van der Waals surface area contributed by atoms with Gasteiger partial charge in [0, 0.05) is 11.1 Å². The number of methoxy groups -OCH3 is 1. The molecule has 0 amide bonds. The summed E-state index contributed by atoms with van der Waals surface area (Å²) in [4.78, 5) is 0. The predicted molar refractivity (Wildman–Crippen MR) is 85.5 cm³/mol. The van der Waals surface area contributed by atoms with Crippen LogP contribution >= 0.6 is 0 Å². The van der Waals surface area contributed by atoms with Crippen LogP contribution in [0.5, 0.6) is 5.75 Å². The summed E-state index contributed by atoms with van der Waals surface area (Å²) < 4.78 is 5.83. The molecule has 2 rings (SSSR count). The van der Waals surface area contributed by atoms with Crippen LogP contribution in [0.15, 0.2) is 12.1 Å². The van der Waals surface area contributed by atoms with Crippen LogP contribution in [0.1, 0.15) is 81.9 Å². The van der Waals surface area contributed by atoms with Crippen LogP contribution in [-0.2, 0) is 5.54 Å². The van der Waals surface area contributed by atoms with Crippen molar-refractivity contribution in [1.29, 1.82) is 0 Å². The molecule has 2 nitrogen and oxygen atoms in total. The zero-order valence-corrected chi connectivity index (χ0v) is 13.6. The van der Waals surface area contributed by atoms with E-state index in [4.69, 9.17) is 10.5 Å². The van der Waals surface area contributed by atoms with Crippen molar-refractivity contribution < 1.29 is 4.74 Å². The molecule has 1 aromatic rings. The Kier molecular flexibility index (Phi) is 4.43. The van der Waals surface area contributed by atoms with Crippen molar-refractivity contribution in [2.75, 3.05) is 7.11 Å². The van der Waals surface area contributed by atoms with Gasteiger partial charge in [0.25, 0.3) is 0 Å². The first kappa shape index (κ1) is 15.4. The minimum atomic E-state index is -0.199. The van der Waals surface area contributed by atoms with Crippen LogP contribution in [0.2, 0.25) is 0 Å². The fraction of sp³-hybridized carbons (Fsp3) is 0.667. The number of benzene rings is 1. The highest BCUT2D eigenvalue weighted by molar-refractivity contribution is 5.53. The summed E-state index contributed by atoms with van der Waals surface area (Å²) in [5.74, 6) is 1.96. The van der Waals surface area contributed by atoms with Gasteiger partial charge in [0.2, 0.25) is 0 Å². The second kappa shape index (κ2) is 5.77. The Morgan fingerprint density at radius 2 is 1.50 bits per heavy atom. The lowest BCUT2D eigenvalue weighted by molar-refractivity contribution is 0.370. The SMILES string of the molecule is COc1c(C(C)C)ccc(C(C)C)c1C1(N)CCCC1. The van der Waals surface area contributed by atoms with E-state index in [0.29, 0.717) is 11.8 Å². The molecule has 0 unspecified atom stereocenters. The fourth-order valence-corrected chi connectivity index (χ4v) is 3.54. The molecule has 0 atom stereocenters. The Morgan fingerprint density at radius 1 is 1.00 bits per heavy atom. The van der Waals surface area contributed by atoms with Crippen molar-refractivity contribution in [3.63, 3.8) is 0 Å². The smallest absolute Gasteiger partial charge is 0.127 e. The average molecular weight is 275 g/mol. The van der Waals surface area contributed by atoms with Gasteiger partial charge >= 0.3 is 0 Å². The maximum atomic E-state index is 6.78.